The third-order valence-electron chi connectivity index (χ3n) is 3.79. The van der Waals surface area contributed by atoms with Gasteiger partial charge in [0, 0.05) is 6.07 Å². The van der Waals surface area contributed by atoms with Gasteiger partial charge in [0.05, 0.1) is 13.7 Å². The molecule has 132 valence electrons. The lowest BCUT2D eigenvalue weighted by atomic mass is 10.2. The molecule has 0 unspecified atom stereocenters. The zero-order valence-electron chi connectivity index (χ0n) is 14.2. The molecule has 6 nitrogen and oxygen atoms in total. The Hall–Kier alpha value is -2.89. The van der Waals surface area contributed by atoms with Gasteiger partial charge in [0.25, 0.3) is 5.91 Å². The van der Waals surface area contributed by atoms with Crippen molar-refractivity contribution in [1.82, 2.24) is 5.32 Å². The zero-order valence-corrected chi connectivity index (χ0v) is 14.2. The number of carbonyl (C=O) groups excluding carboxylic acids is 1. The van der Waals surface area contributed by atoms with Crippen molar-refractivity contribution >= 4 is 5.91 Å². The quantitative estimate of drug-likeness (QED) is 0.873. The summed E-state index contributed by atoms with van der Waals surface area (Å²) in [6.45, 7) is 2.43. The predicted molar refractivity (Wildman–Crippen MR) is 92.4 cm³/mol. The Kier molecular flexibility index (Phi) is 5.28. The standard InChI is InChI=1S/C19H21NO5/c1-13(24-15-7-5-6-14(10-15)22-2)19(21)20-11-16-12-23-17-8-3-4-9-18(17)25-16/h3-10,13,16H,11-12H2,1-2H3,(H,20,21)/t13-,16+/m1/s1. The maximum atomic E-state index is 12.2. The molecule has 2 atom stereocenters. The Morgan fingerprint density at radius 3 is 2.76 bits per heavy atom. The van der Waals surface area contributed by atoms with E-state index >= 15 is 0 Å². The number of ether oxygens (including phenoxy) is 4. The third kappa shape index (κ3) is 4.35. The van der Waals surface area contributed by atoms with Crippen molar-refractivity contribution in [3.63, 3.8) is 0 Å². The lowest BCUT2D eigenvalue weighted by Crippen LogP contribution is -2.44. The second-order valence-corrected chi connectivity index (χ2v) is 5.68. The lowest BCUT2D eigenvalue weighted by Gasteiger charge is -2.27. The zero-order chi connectivity index (χ0) is 17.6. The van der Waals surface area contributed by atoms with E-state index in [4.69, 9.17) is 18.9 Å². The lowest BCUT2D eigenvalue weighted by molar-refractivity contribution is -0.127. The van der Waals surface area contributed by atoms with Gasteiger partial charge in [-0.05, 0) is 31.2 Å². The van der Waals surface area contributed by atoms with Crippen molar-refractivity contribution in [2.24, 2.45) is 0 Å². The minimum absolute atomic E-state index is 0.217. The second-order valence-electron chi connectivity index (χ2n) is 5.68. The van der Waals surface area contributed by atoms with E-state index in [9.17, 15) is 4.79 Å². The number of hydrogen-bond acceptors (Lipinski definition) is 5. The van der Waals surface area contributed by atoms with Crippen LogP contribution in [0.1, 0.15) is 6.92 Å². The van der Waals surface area contributed by atoms with Crippen LogP contribution in [0.5, 0.6) is 23.0 Å². The summed E-state index contributed by atoms with van der Waals surface area (Å²) < 4.78 is 22.2. The summed E-state index contributed by atoms with van der Waals surface area (Å²) in [7, 11) is 1.58. The summed E-state index contributed by atoms with van der Waals surface area (Å²) in [5.74, 6) is 2.45. The van der Waals surface area contributed by atoms with Crippen LogP contribution in [-0.4, -0.2) is 38.4 Å². The van der Waals surface area contributed by atoms with Gasteiger partial charge in [-0.3, -0.25) is 4.79 Å². The van der Waals surface area contributed by atoms with Gasteiger partial charge in [0.15, 0.2) is 17.6 Å². The molecular formula is C19H21NO5. The third-order valence-corrected chi connectivity index (χ3v) is 3.79. The van der Waals surface area contributed by atoms with Crippen LogP contribution in [-0.2, 0) is 4.79 Å². The minimum atomic E-state index is -0.635. The Labute approximate surface area is 146 Å². The van der Waals surface area contributed by atoms with Crippen LogP contribution in [0.15, 0.2) is 48.5 Å². The molecule has 0 aromatic heterocycles. The summed E-state index contributed by atoms with van der Waals surface area (Å²) in [6.07, 6.45) is -0.869. The van der Waals surface area contributed by atoms with E-state index in [1.165, 1.54) is 0 Å². The summed E-state index contributed by atoms with van der Waals surface area (Å²) >= 11 is 0. The minimum Gasteiger partial charge on any atom is -0.497 e. The number of rotatable bonds is 6. The number of carbonyl (C=O) groups is 1. The van der Waals surface area contributed by atoms with Gasteiger partial charge in [0.2, 0.25) is 0 Å². The van der Waals surface area contributed by atoms with Crippen molar-refractivity contribution in [2.75, 3.05) is 20.3 Å². The second kappa shape index (κ2) is 7.79. The Balaban J connectivity index is 1.49. The maximum absolute atomic E-state index is 12.2. The van der Waals surface area contributed by atoms with E-state index in [-0.39, 0.29) is 12.0 Å². The highest BCUT2D eigenvalue weighted by molar-refractivity contribution is 5.80. The topological polar surface area (TPSA) is 66.0 Å². The number of amides is 1. The van der Waals surface area contributed by atoms with Crippen LogP contribution in [0.2, 0.25) is 0 Å². The van der Waals surface area contributed by atoms with Gasteiger partial charge >= 0.3 is 0 Å². The summed E-state index contributed by atoms with van der Waals surface area (Å²) in [5, 5.41) is 2.83. The Bertz CT molecular complexity index is 733. The highest BCUT2D eigenvalue weighted by Crippen LogP contribution is 2.30. The van der Waals surface area contributed by atoms with Crippen LogP contribution in [0, 0.1) is 0 Å². The Morgan fingerprint density at radius 2 is 1.96 bits per heavy atom. The molecule has 1 N–H and O–H groups in total. The summed E-state index contributed by atoms with van der Waals surface area (Å²) in [6, 6.07) is 14.6. The van der Waals surface area contributed by atoms with Crippen molar-refractivity contribution in [3.05, 3.63) is 48.5 Å². The number of para-hydroxylation sites is 2. The van der Waals surface area contributed by atoms with E-state index in [0.717, 1.165) is 5.75 Å². The summed E-state index contributed by atoms with van der Waals surface area (Å²) in [5.41, 5.74) is 0. The molecule has 2 aromatic rings. The normalized spacial score (nSPS) is 16.6. The molecule has 1 amide bonds. The first-order valence-corrected chi connectivity index (χ1v) is 8.12. The number of hydrogen-bond donors (Lipinski definition) is 1. The van der Waals surface area contributed by atoms with Gasteiger partial charge in [-0.15, -0.1) is 0 Å². The van der Waals surface area contributed by atoms with Crippen molar-refractivity contribution in [2.45, 2.75) is 19.1 Å². The van der Waals surface area contributed by atoms with Crippen LogP contribution < -0.4 is 24.3 Å². The number of benzene rings is 2. The van der Waals surface area contributed by atoms with Gasteiger partial charge in [-0.25, -0.2) is 0 Å². The first-order chi connectivity index (χ1) is 12.2. The van der Waals surface area contributed by atoms with E-state index in [0.29, 0.717) is 30.4 Å². The summed E-state index contributed by atoms with van der Waals surface area (Å²) in [4.78, 5) is 12.2. The average molecular weight is 343 g/mol. The van der Waals surface area contributed by atoms with Crippen LogP contribution in [0.25, 0.3) is 0 Å². The molecule has 0 radical (unpaired) electrons. The van der Waals surface area contributed by atoms with E-state index in [2.05, 4.69) is 5.32 Å². The van der Waals surface area contributed by atoms with Crippen molar-refractivity contribution in [3.8, 4) is 23.0 Å². The van der Waals surface area contributed by atoms with E-state index in [1.54, 1.807) is 26.2 Å². The molecule has 0 fully saturated rings. The van der Waals surface area contributed by atoms with Crippen molar-refractivity contribution < 1.29 is 23.7 Å². The molecule has 0 saturated heterocycles. The number of fused-ring (bicyclic) bond motifs is 1. The molecule has 25 heavy (non-hydrogen) atoms. The van der Waals surface area contributed by atoms with E-state index in [1.807, 2.05) is 36.4 Å². The van der Waals surface area contributed by atoms with Gasteiger partial charge in [0.1, 0.15) is 24.2 Å². The Morgan fingerprint density at radius 1 is 1.20 bits per heavy atom. The smallest absolute Gasteiger partial charge is 0.260 e. The molecule has 0 bridgehead atoms. The molecule has 1 aliphatic rings. The highest BCUT2D eigenvalue weighted by Gasteiger charge is 2.22. The molecule has 0 saturated carbocycles. The fraction of sp³-hybridized carbons (Fsp3) is 0.316. The SMILES string of the molecule is COc1cccc(O[C@H](C)C(=O)NC[C@H]2COc3ccccc3O2)c1. The maximum Gasteiger partial charge on any atom is 0.260 e. The fourth-order valence-electron chi connectivity index (χ4n) is 2.45. The largest absolute Gasteiger partial charge is 0.497 e. The number of methoxy groups -OCH3 is 1. The first-order valence-electron chi connectivity index (χ1n) is 8.12. The fourth-order valence-corrected chi connectivity index (χ4v) is 2.45. The van der Waals surface area contributed by atoms with Gasteiger partial charge in [-0.2, -0.15) is 0 Å². The van der Waals surface area contributed by atoms with Crippen LogP contribution >= 0.6 is 0 Å². The molecule has 2 aromatic carbocycles. The van der Waals surface area contributed by atoms with Crippen LogP contribution in [0.4, 0.5) is 0 Å². The molecule has 0 aliphatic carbocycles. The highest BCUT2D eigenvalue weighted by atomic mass is 16.6. The van der Waals surface area contributed by atoms with Crippen LogP contribution in [0.3, 0.4) is 0 Å². The average Bonchev–Trinajstić information content (AvgIpc) is 2.66. The molecule has 3 rings (SSSR count). The molecule has 0 spiro atoms. The van der Waals surface area contributed by atoms with Gasteiger partial charge in [-0.1, -0.05) is 18.2 Å². The number of nitrogens with one attached hydrogen (secondary N) is 1. The predicted octanol–water partition coefficient (Wildman–Crippen LogP) is 2.42. The van der Waals surface area contributed by atoms with Crippen molar-refractivity contribution in [1.29, 1.82) is 0 Å². The monoisotopic (exact) mass is 343 g/mol. The molecular weight excluding hydrogens is 322 g/mol. The van der Waals surface area contributed by atoms with E-state index < -0.39 is 6.10 Å². The molecule has 1 aliphatic heterocycles. The first kappa shape index (κ1) is 17.0. The van der Waals surface area contributed by atoms with Gasteiger partial charge < -0.3 is 24.3 Å². The molecule has 6 heteroatoms. The molecule has 1 heterocycles.